The zero-order valence-corrected chi connectivity index (χ0v) is 12.4. The first kappa shape index (κ1) is 15.3. The van der Waals surface area contributed by atoms with Crippen LogP contribution >= 0.6 is 0 Å². The molecule has 0 spiro atoms. The molecule has 21 heavy (non-hydrogen) atoms. The van der Waals surface area contributed by atoms with Gasteiger partial charge in [-0.3, -0.25) is 9.69 Å². The Morgan fingerprint density at radius 2 is 2.00 bits per heavy atom. The van der Waals surface area contributed by atoms with Crippen LogP contribution in [0.1, 0.15) is 12.5 Å². The molecule has 0 aromatic heterocycles. The van der Waals surface area contributed by atoms with Crippen molar-refractivity contribution in [2.45, 2.75) is 13.5 Å². The number of carbonyl (C=O) groups is 1. The molecule has 0 radical (unpaired) electrons. The summed E-state index contributed by atoms with van der Waals surface area (Å²) in [4.78, 5) is 13.7. The van der Waals surface area contributed by atoms with E-state index in [2.05, 4.69) is 30.8 Å². The third-order valence-corrected chi connectivity index (χ3v) is 3.32. The number of hydrogen-bond acceptors (Lipinski definition) is 3. The average molecular weight is 283 g/mol. The molecule has 3 heteroatoms. The van der Waals surface area contributed by atoms with Gasteiger partial charge in [-0.05, 0) is 23.3 Å². The second kappa shape index (κ2) is 7.60. The minimum atomic E-state index is -0.195. The van der Waals surface area contributed by atoms with Crippen LogP contribution in [0.4, 0.5) is 0 Å². The summed E-state index contributed by atoms with van der Waals surface area (Å²) in [5, 5.41) is 2.43. The van der Waals surface area contributed by atoms with Gasteiger partial charge in [-0.1, -0.05) is 48.5 Å². The number of ether oxygens (including phenoxy) is 1. The van der Waals surface area contributed by atoms with Crippen molar-refractivity contribution in [3.8, 4) is 0 Å². The van der Waals surface area contributed by atoms with Crippen molar-refractivity contribution in [2.24, 2.45) is 0 Å². The minimum Gasteiger partial charge on any atom is -0.465 e. The van der Waals surface area contributed by atoms with Crippen LogP contribution in [0.3, 0.4) is 0 Å². The topological polar surface area (TPSA) is 29.5 Å². The first-order valence-electron chi connectivity index (χ1n) is 7.20. The largest absolute Gasteiger partial charge is 0.465 e. The van der Waals surface area contributed by atoms with E-state index in [1.54, 1.807) is 0 Å². The smallest absolute Gasteiger partial charge is 0.320 e. The zero-order chi connectivity index (χ0) is 15.1. The number of hydrogen-bond donors (Lipinski definition) is 0. The summed E-state index contributed by atoms with van der Waals surface area (Å²) >= 11 is 0. The molecule has 0 bridgehead atoms. The lowest BCUT2D eigenvalue weighted by Gasteiger charge is -2.20. The van der Waals surface area contributed by atoms with Crippen LogP contribution in [0.5, 0.6) is 0 Å². The van der Waals surface area contributed by atoms with E-state index in [0.29, 0.717) is 19.7 Å². The molecule has 0 saturated carbocycles. The van der Waals surface area contributed by atoms with Gasteiger partial charge in [0.2, 0.25) is 0 Å². The Labute approximate surface area is 125 Å². The average Bonchev–Trinajstić information content (AvgIpc) is 2.48. The Kier molecular flexibility index (Phi) is 5.52. The van der Waals surface area contributed by atoms with Gasteiger partial charge in [-0.2, -0.15) is 0 Å². The van der Waals surface area contributed by atoms with Crippen molar-refractivity contribution >= 4 is 16.7 Å². The standard InChI is InChI=1S/C18H21NO2/c1-3-12-19(14-18(20)21-4-2)13-16-10-7-9-15-8-5-6-11-17(15)16/h3,5-11H,1,4,12-14H2,2H3. The van der Waals surface area contributed by atoms with Gasteiger partial charge in [-0.25, -0.2) is 0 Å². The molecule has 0 atom stereocenters. The number of benzene rings is 2. The molecule has 0 fully saturated rings. The van der Waals surface area contributed by atoms with Crippen LogP contribution in [-0.2, 0) is 16.1 Å². The van der Waals surface area contributed by atoms with Crippen molar-refractivity contribution in [3.05, 3.63) is 60.7 Å². The van der Waals surface area contributed by atoms with Crippen molar-refractivity contribution < 1.29 is 9.53 Å². The number of nitrogens with zero attached hydrogens (tertiary/aromatic N) is 1. The fourth-order valence-electron chi connectivity index (χ4n) is 2.43. The van der Waals surface area contributed by atoms with E-state index >= 15 is 0 Å². The van der Waals surface area contributed by atoms with E-state index in [-0.39, 0.29) is 12.5 Å². The van der Waals surface area contributed by atoms with Gasteiger partial charge in [0.15, 0.2) is 0 Å². The molecule has 0 saturated heterocycles. The Bertz CT molecular complexity index is 616. The highest BCUT2D eigenvalue weighted by Gasteiger charge is 2.12. The second-order valence-electron chi connectivity index (χ2n) is 4.90. The number of esters is 1. The normalized spacial score (nSPS) is 10.8. The summed E-state index contributed by atoms with van der Waals surface area (Å²) in [6.45, 7) is 7.63. The van der Waals surface area contributed by atoms with E-state index in [0.717, 1.165) is 0 Å². The monoisotopic (exact) mass is 283 g/mol. The number of carbonyl (C=O) groups excluding carboxylic acids is 1. The lowest BCUT2D eigenvalue weighted by molar-refractivity contribution is -0.144. The number of rotatable bonds is 7. The van der Waals surface area contributed by atoms with Crippen LogP contribution in [0.25, 0.3) is 10.8 Å². The van der Waals surface area contributed by atoms with E-state index in [1.165, 1.54) is 16.3 Å². The van der Waals surface area contributed by atoms with Crippen molar-refractivity contribution in [1.29, 1.82) is 0 Å². The molecule has 0 heterocycles. The maximum absolute atomic E-state index is 11.7. The Morgan fingerprint density at radius 1 is 1.24 bits per heavy atom. The van der Waals surface area contributed by atoms with E-state index in [4.69, 9.17) is 4.74 Å². The highest BCUT2D eigenvalue weighted by molar-refractivity contribution is 5.85. The third kappa shape index (κ3) is 4.17. The number of fused-ring (bicyclic) bond motifs is 1. The first-order valence-corrected chi connectivity index (χ1v) is 7.20. The molecular weight excluding hydrogens is 262 g/mol. The van der Waals surface area contributed by atoms with Crippen LogP contribution in [0.2, 0.25) is 0 Å². The lowest BCUT2D eigenvalue weighted by atomic mass is 10.0. The lowest BCUT2D eigenvalue weighted by Crippen LogP contribution is -2.30. The highest BCUT2D eigenvalue weighted by Crippen LogP contribution is 2.19. The van der Waals surface area contributed by atoms with Gasteiger partial charge in [0.05, 0.1) is 13.2 Å². The Morgan fingerprint density at radius 3 is 2.76 bits per heavy atom. The predicted molar refractivity (Wildman–Crippen MR) is 86.1 cm³/mol. The SMILES string of the molecule is C=CCN(CC(=O)OCC)Cc1cccc2ccccc12. The van der Waals surface area contributed by atoms with Crippen LogP contribution in [0.15, 0.2) is 55.1 Å². The zero-order valence-electron chi connectivity index (χ0n) is 12.4. The Balaban J connectivity index is 2.18. The fourth-order valence-corrected chi connectivity index (χ4v) is 2.43. The van der Waals surface area contributed by atoms with Gasteiger partial charge >= 0.3 is 5.97 Å². The summed E-state index contributed by atoms with van der Waals surface area (Å²) in [6.07, 6.45) is 1.81. The molecular formula is C18H21NO2. The second-order valence-corrected chi connectivity index (χ2v) is 4.90. The minimum absolute atomic E-state index is 0.195. The van der Waals surface area contributed by atoms with Gasteiger partial charge in [0, 0.05) is 13.1 Å². The Hall–Kier alpha value is -2.13. The van der Waals surface area contributed by atoms with Crippen molar-refractivity contribution in [2.75, 3.05) is 19.7 Å². The van der Waals surface area contributed by atoms with Crippen molar-refractivity contribution in [1.82, 2.24) is 4.90 Å². The molecule has 0 aliphatic carbocycles. The van der Waals surface area contributed by atoms with Crippen LogP contribution < -0.4 is 0 Å². The van der Waals surface area contributed by atoms with Gasteiger partial charge in [0.1, 0.15) is 0 Å². The molecule has 0 amide bonds. The fraction of sp³-hybridized carbons (Fsp3) is 0.278. The van der Waals surface area contributed by atoms with Gasteiger partial charge in [-0.15, -0.1) is 6.58 Å². The molecule has 2 rings (SSSR count). The molecule has 0 N–H and O–H groups in total. The van der Waals surface area contributed by atoms with Gasteiger partial charge in [0.25, 0.3) is 0 Å². The van der Waals surface area contributed by atoms with E-state index in [9.17, 15) is 4.79 Å². The molecule has 2 aromatic carbocycles. The maximum atomic E-state index is 11.7. The molecule has 0 aliphatic rings. The summed E-state index contributed by atoms with van der Waals surface area (Å²) in [6, 6.07) is 14.5. The van der Waals surface area contributed by atoms with E-state index in [1.807, 2.05) is 36.1 Å². The quantitative estimate of drug-likeness (QED) is 0.576. The molecule has 0 unspecified atom stereocenters. The van der Waals surface area contributed by atoms with Gasteiger partial charge < -0.3 is 4.74 Å². The van der Waals surface area contributed by atoms with Crippen LogP contribution in [-0.4, -0.2) is 30.6 Å². The summed E-state index contributed by atoms with van der Waals surface area (Å²) in [7, 11) is 0. The summed E-state index contributed by atoms with van der Waals surface area (Å²) in [5.41, 5.74) is 1.21. The predicted octanol–water partition coefficient (Wildman–Crippen LogP) is 3.39. The molecule has 110 valence electrons. The van der Waals surface area contributed by atoms with Crippen molar-refractivity contribution in [3.63, 3.8) is 0 Å². The first-order chi connectivity index (χ1) is 10.2. The van der Waals surface area contributed by atoms with Crippen LogP contribution in [0, 0.1) is 0 Å². The molecule has 2 aromatic rings. The maximum Gasteiger partial charge on any atom is 0.320 e. The highest BCUT2D eigenvalue weighted by atomic mass is 16.5. The van der Waals surface area contributed by atoms with E-state index < -0.39 is 0 Å². The molecule has 0 aliphatic heterocycles. The summed E-state index contributed by atoms with van der Waals surface area (Å²) < 4.78 is 5.03. The molecule has 3 nitrogen and oxygen atoms in total. The summed E-state index contributed by atoms with van der Waals surface area (Å²) in [5.74, 6) is -0.195. The third-order valence-electron chi connectivity index (χ3n) is 3.32.